The van der Waals surface area contributed by atoms with Crippen LogP contribution in [0, 0.1) is 0 Å². The fraction of sp³-hybridized carbons (Fsp3) is 1.00. The lowest BCUT2D eigenvalue weighted by Crippen LogP contribution is -2.25. The first-order valence-corrected chi connectivity index (χ1v) is 4.86. The van der Waals surface area contributed by atoms with E-state index in [0.717, 1.165) is 0 Å². The van der Waals surface area contributed by atoms with Gasteiger partial charge in [-0.3, -0.25) is 0 Å². The molecule has 4 heteroatoms. The molecule has 0 heterocycles. The van der Waals surface area contributed by atoms with Crippen LogP contribution < -0.4 is 0 Å². The Labute approximate surface area is 79.2 Å². The van der Waals surface area contributed by atoms with Crippen LogP contribution in [0.3, 0.4) is 0 Å². The Bertz CT molecular complexity index is 68.0. The van der Waals surface area contributed by atoms with Gasteiger partial charge >= 0.3 is 0 Å². The Kier molecular flexibility index (Phi) is 6.86. The highest BCUT2D eigenvalue weighted by molar-refractivity contribution is 14.1. The second kappa shape index (κ2) is 6.01. The molecule has 0 fully saturated rings. The first kappa shape index (κ1) is 10.3. The molecule has 0 rings (SSSR count). The van der Waals surface area contributed by atoms with Crippen LogP contribution in [0.15, 0.2) is 0 Å². The molecule has 0 aliphatic rings. The van der Waals surface area contributed by atoms with Crippen LogP contribution in [0.2, 0.25) is 0 Å². The zero-order valence-corrected chi connectivity index (χ0v) is 8.78. The number of hydrogen-bond acceptors (Lipinski definition) is 1. The van der Waals surface area contributed by atoms with Crippen molar-refractivity contribution in [2.24, 2.45) is 0 Å². The SMILES string of the molecule is COC(CCl)C(I)CCl. The van der Waals surface area contributed by atoms with Crippen LogP contribution >= 0.6 is 45.8 Å². The van der Waals surface area contributed by atoms with Crippen molar-refractivity contribution < 1.29 is 4.74 Å². The van der Waals surface area contributed by atoms with E-state index in [4.69, 9.17) is 27.9 Å². The van der Waals surface area contributed by atoms with Gasteiger partial charge in [-0.1, -0.05) is 22.6 Å². The summed E-state index contributed by atoms with van der Waals surface area (Å²) in [6.07, 6.45) is 0.0877. The molecule has 0 aromatic rings. The first-order valence-electron chi connectivity index (χ1n) is 2.55. The molecule has 0 aromatic carbocycles. The molecule has 2 unspecified atom stereocenters. The molecule has 1 nitrogen and oxygen atoms in total. The summed E-state index contributed by atoms with van der Waals surface area (Å²) in [4.78, 5) is 0. The fourth-order valence-corrected chi connectivity index (χ4v) is 1.79. The van der Waals surface area contributed by atoms with Gasteiger partial charge in [0, 0.05) is 18.9 Å². The average molecular weight is 283 g/mol. The minimum atomic E-state index is 0.0877. The maximum atomic E-state index is 5.56. The van der Waals surface area contributed by atoms with E-state index in [-0.39, 0.29) is 6.10 Å². The normalized spacial score (nSPS) is 17.3. The lowest BCUT2D eigenvalue weighted by molar-refractivity contribution is 0.126. The standard InChI is InChI=1S/C5H9Cl2IO/c1-9-5(3-7)4(8)2-6/h4-5H,2-3H2,1H3. The third kappa shape index (κ3) is 3.86. The van der Waals surface area contributed by atoms with E-state index in [0.29, 0.717) is 15.7 Å². The van der Waals surface area contributed by atoms with E-state index in [2.05, 4.69) is 22.6 Å². The van der Waals surface area contributed by atoms with E-state index >= 15 is 0 Å². The lowest BCUT2D eigenvalue weighted by atomic mass is 10.3. The second-order valence-electron chi connectivity index (χ2n) is 1.60. The highest BCUT2D eigenvalue weighted by Crippen LogP contribution is 2.12. The predicted octanol–water partition coefficient (Wildman–Crippen LogP) is 2.28. The molecule has 9 heavy (non-hydrogen) atoms. The predicted molar refractivity (Wildman–Crippen MR) is 50.0 cm³/mol. The van der Waals surface area contributed by atoms with Crippen molar-refractivity contribution in [1.29, 1.82) is 0 Å². The third-order valence-corrected chi connectivity index (χ3v) is 3.41. The Hall–Kier alpha value is 1.27. The van der Waals surface area contributed by atoms with Crippen molar-refractivity contribution in [1.82, 2.24) is 0 Å². The van der Waals surface area contributed by atoms with Crippen molar-refractivity contribution in [2.75, 3.05) is 18.9 Å². The average Bonchev–Trinajstić information content (AvgIpc) is 1.90. The summed E-state index contributed by atoms with van der Waals surface area (Å²) in [5.74, 6) is 1.10. The minimum absolute atomic E-state index is 0.0877. The number of methoxy groups -OCH3 is 1. The molecule has 0 bridgehead atoms. The van der Waals surface area contributed by atoms with Crippen LogP contribution in [-0.2, 0) is 4.74 Å². The number of alkyl halides is 3. The third-order valence-electron chi connectivity index (χ3n) is 1.01. The van der Waals surface area contributed by atoms with Crippen molar-refractivity contribution in [3.05, 3.63) is 0 Å². The van der Waals surface area contributed by atoms with Gasteiger partial charge in [-0.25, -0.2) is 0 Å². The molecular formula is C5H9Cl2IO. The molecule has 0 N–H and O–H groups in total. The topological polar surface area (TPSA) is 9.23 Å². The molecule has 0 aliphatic carbocycles. The van der Waals surface area contributed by atoms with E-state index in [1.165, 1.54) is 0 Å². The maximum absolute atomic E-state index is 5.56. The van der Waals surface area contributed by atoms with Gasteiger partial charge in [0.2, 0.25) is 0 Å². The van der Waals surface area contributed by atoms with Crippen molar-refractivity contribution in [3.63, 3.8) is 0 Å². The summed E-state index contributed by atoms with van der Waals surface area (Å²) in [7, 11) is 1.64. The van der Waals surface area contributed by atoms with E-state index in [1.54, 1.807) is 7.11 Å². The Morgan fingerprint density at radius 2 is 2.00 bits per heavy atom. The molecule has 56 valence electrons. The van der Waals surface area contributed by atoms with Crippen LogP contribution in [-0.4, -0.2) is 28.9 Å². The summed E-state index contributed by atoms with van der Waals surface area (Å²) in [6.45, 7) is 0. The number of halogens is 3. The number of ether oxygens (including phenoxy) is 1. The van der Waals surface area contributed by atoms with Crippen molar-refractivity contribution >= 4 is 45.8 Å². The molecule has 0 saturated heterocycles. The molecule has 2 atom stereocenters. The monoisotopic (exact) mass is 282 g/mol. The van der Waals surface area contributed by atoms with Crippen LogP contribution in [0.5, 0.6) is 0 Å². The zero-order valence-electron chi connectivity index (χ0n) is 5.11. The van der Waals surface area contributed by atoms with Crippen LogP contribution in [0.4, 0.5) is 0 Å². The van der Waals surface area contributed by atoms with E-state index < -0.39 is 0 Å². The highest BCUT2D eigenvalue weighted by Gasteiger charge is 2.15. The summed E-state index contributed by atoms with van der Waals surface area (Å²) >= 11 is 13.3. The van der Waals surface area contributed by atoms with Gasteiger partial charge in [-0.15, -0.1) is 23.2 Å². The summed E-state index contributed by atoms with van der Waals surface area (Å²) < 4.78 is 5.34. The molecular weight excluding hydrogens is 274 g/mol. The minimum Gasteiger partial charge on any atom is -0.379 e. The van der Waals surface area contributed by atoms with Crippen LogP contribution in [0.25, 0.3) is 0 Å². The van der Waals surface area contributed by atoms with Gasteiger partial charge in [0.05, 0.1) is 10.0 Å². The molecule has 0 spiro atoms. The largest absolute Gasteiger partial charge is 0.379 e. The molecule has 0 saturated carbocycles. The van der Waals surface area contributed by atoms with Gasteiger partial charge < -0.3 is 4.74 Å². The Balaban J connectivity index is 3.50. The van der Waals surface area contributed by atoms with Crippen molar-refractivity contribution in [2.45, 2.75) is 10.0 Å². The van der Waals surface area contributed by atoms with Gasteiger partial charge in [0.1, 0.15) is 0 Å². The number of hydrogen-bond donors (Lipinski definition) is 0. The van der Waals surface area contributed by atoms with E-state index in [1.807, 2.05) is 0 Å². The van der Waals surface area contributed by atoms with E-state index in [9.17, 15) is 0 Å². The molecule has 0 aliphatic heterocycles. The van der Waals surface area contributed by atoms with Gasteiger partial charge in [-0.05, 0) is 0 Å². The summed E-state index contributed by atoms with van der Waals surface area (Å²) in [5, 5.41) is 0. The van der Waals surface area contributed by atoms with Gasteiger partial charge in [-0.2, -0.15) is 0 Å². The first-order chi connectivity index (χ1) is 4.26. The quantitative estimate of drug-likeness (QED) is 0.568. The second-order valence-corrected chi connectivity index (χ2v) is 3.82. The smallest absolute Gasteiger partial charge is 0.0835 e. The van der Waals surface area contributed by atoms with Crippen LogP contribution in [0.1, 0.15) is 0 Å². The summed E-state index contributed by atoms with van der Waals surface area (Å²) in [6, 6.07) is 0. The zero-order chi connectivity index (χ0) is 7.28. The Morgan fingerprint density at radius 3 is 2.11 bits per heavy atom. The fourth-order valence-electron chi connectivity index (χ4n) is 0.407. The molecule has 0 aromatic heterocycles. The number of rotatable bonds is 4. The molecule has 0 radical (unpaired) electrons. The Morgan fingerprint density at radius 1 is 1.44 bits per heavy atom. The lowest BCUT2D eigenvalue weighted by Gasteiger charge is -2.15. The highest BCUT2D eigenvalue weighted by atomic mass is 127. The maximum Gasteiger partial charge on any atom is 0.0835 e. The summed E-state index contributed by atoms with van der Waals surface area (Å²) in [5.41, 5.74) is 0. The van der Waals surface area contributed by atoms with Gasteiger partial charge in [0.25, 0.3) is 0 Å². The van der Waals surface area contributed by atoms with Crippen molar-refractivity contribution in [3.8, 4) is 0 Å². The van der Waals surface area contributed by atoms with Gasteiger partial charge in [0.15, 0.2) is 0 Å². The molecule has 0 amide bonds.